The molecule has 2 atom stereocenters. The number of carbonyl (C=O) groups is 1. The zero-order valence-corrected chi connectivity index (χ0v) is 12.8. The van der Waals surface area contributed by atoms with Crippen molar-refractivity contribution in [2.24, 2.45) is 0 Å². The standard InChI is InChI=1S/C14H19BrN2O2/c1-10-9-16-6-7-17(10)14(18)11(2)19-13-5-3-4-12(15)8-13/h3-5,8,10-11,16H,6-7,9H2,1-2H3/t10-,11?/m0/s1. The van der Waals surface area contributed by atoms with Crippen LogP contribution in [0.4, 0.5) is 0 Å². The van der Waals surface area contributed by atoms with Crippen molar-refractivity contribution < 1.29 is 9.53 Å². The second-order valence-corrected chi connectivity index (χ2v) is 5.72. The van der Waals surface area contributed by atoms with E-state index < -0.39 is 6.10 Å². The van der Waals surface area contributed by atoms with Crippen molar-refractivity contribution in [1.29, 1.82) is 0 Å². The fourth-order valence-electron chi connectivity index (χ4n) is 2.20. The number of nitrogens with one attached hydrogen (secondary N) is 1. The van der Waals surface area contributed by atoms with Crippen molar-refractivity contribution in [2.45, 2.75) is 26.0 Å². The Morgan fingerprint density at radius 1 is 1.58 bits per heavy atom. The van der Waals surface area contributed by atoms with Crippen molar-refractivity contribution in [3.8, 4) is 5.75 Å². The molecule has 1 saturated heterocycles. The summed E-state index contributed by atoms with van der Waals surface area (Å²) in [7, 11) is 0. The van der Waals surface area contributed by atoms with E-state index in [4.69, 9.17) is 4.74 Å². The molecule has 1 aliphatic heterocycles. The molecule has 1 unspecified atom stereocenters. The van der Waals surface area contributed by atoms with Gasteiger partial charge in [0.15, 0.2) is 6.10 Å². The van der Waals surface area contributed by atoms with Crippen molar-refractivity contribution in [1.82, 2.24) is 10.2 Å². The van der Waals surface area contributed by atoms with Gasteiger partial charge in [-0.05, 0) is 32.0 Å². The third-order valence-corrected chi connectivity index (χ3v) is 3.73. The van der Waals surface area contributed by atoms with E-state index in [1.165, 1.54) is 0 Å². The molecule has 2 rings (SSSR count). The van der Waals surface area contributed by atoms with Gasteiger partial charge < -0.3 is 15.0 Å². The quantitative estimate of drug-likeness (QED) is 0.924. The molecule has 0 aliphatic carbocycles. The predicted molar refractivity (Wildman–Crippen MR) is 78.3 cm³/mol. The van der Waals surface area contributed by atoms with Crippen molar-refractivity contribution >= 4 is 21.8 Å². The summed E-state index contributed by atoms with van der Waals surface area (Å²) < 4.78 is 6.66. The normalized spacial score (nSPS) is 21.0. The van der Waals surface area contributed by atoms with E-state index in [2.05, 4.69) is 28.2 Å². The highest BCUT2D eigenvalue weighted by molar-refractivity contribution is 9.10. The molecule has 1 amide bonds. The molecule has 1 aromatic carbocycles. The van der Waals surface area contributed by atoms with E-state index in [-0.39, 0.29) is 11.9 Å². The average molecular weight is 327 g/mol. The van der Waals surface area contributed by atoms with Crippen LogP contribution in [0.5, 0.6) is 5.75 Å². The van der Waals surface area contributed by atoms with Crippen LogP contribution in [0.25, 0.3) is 0 Å². The van der Waals surface area contributed by atoms with Crippen molar-refractivity contribution in [3.05, 3.63) is 28.7 Å². The van der Waals surface area contributed by atoms with Gasteiger partial charge in [0.1, 0.15) is 5.75 Å². The van der Waals surface area contributed by atoms with Crippen LogP contribution in [0.2, 0.25) is 0 Å². The van der Waals surface area contributed by atoms with E-state index in [9.17, 15) is 4.79 Å². The lowest BCUT2D eigenvalue weighted by molar-refractivity contribution is -0.140. The Kier molecular flexibility index (Phi) is 4.82. The molecule has 0 spiro atoms. The Hall–Kier alpha value is -1.07. The first-order valence-electron chi connectivity index (χ1n) is 6.51. The van der Waals surface area contributed by atoms with Crippen LogP contribution < -0.4 is 10.1 Å². The first-order valence-corrected chi connectivity index (χ1v) is 7.30. The van der Waals surface area contributed by atoms with Gasteiger partial charge in [-0.25, -0.2) is 0 Å². The Morgan fingerprint density at radius 3 is 3.05 bits per heavy atom. The number of hydrogen-bond donors (Lipinski definition) is 1. The number of rotatable bonds is 3. The molecule has 0 bridgehead atoms. The van der Waals surface area contributed by atoms with Crippen molar-refractivity contribution in [3.63, 3.8) is 0 Å². The van der Waals surface area contributed by atoms with E-state index in [0.717, 1.165) is 24.1 Å². The Morgan fingerprint density at radius 2 is 2.37 bits per heavy atom. The maximum Gasteiger partial charge on any atom is 0.263 e. The molecule has 104 valence electrons. The number of piperazine rings is 1. The largest absolute Gasteiger partial charge is 0.481 e. The van der Waals surface area contributed by atoms with Crippen LogP contribution in [0.15, 0.2) is 28.7 Å². The number of ether oxygens (including phenoxy) is 1. The first kappa shape index (κ1) is 14.3. The van der Waals surface area contributed by atoms with Crippen molar-refractivity contribution in [2.75, 3.05) is 19.6 Å². The second-order valence-electron chi connectivity index (χ2n) is 4.80. The highest BCUT2D eigenvalue weighted by Gasteiger charge is 2.27. The third-order valence-electron chi connectivity index (χ3n) is 3.24. The number of halogens is 1. The number of benzene rings is 1. The summed E-state index contributed by atoms with van der Waals surface area (Å²) in [5.74, 6) is 0.756. The lowest BCUT2D eigenvalue weighted by Crippen LogP contribution is -2.55. The van der Waals surface area contributed by atoms with Gasteiger partial charge in [-0.15, -0.1) is 0 Å². The fourth-order valence-corrected chi connectivity index (χ4v) is 2.58. The maximum absolute atomic E-state index is 12.4. The van der Waals surface area contributed by atoms with Gasteiger partial charge in [-0.2, -0.15) is 0 Å². The number of hydrogen-bond acceptors (Lipinski definition) is 3. The number of carbonyl (C=O) groups excluding carboxylic acids is 1. The summed E-state index contributed by atoms with van der Waals surface area (Å²) in [6.07, 6.45) is -0.463. The monoisotopic (exact) mass is 326 g/mol. The van der Waals surface area contributed by atoms with Gasteiger partial charge >= 0.3 is 0 Å². The minimum Gasteiger partial charge on any atom is -0.481 e. The fraction of sp³-hybridized carbons (Fsp3) is 0.500. The Labute approximate surface area is 122 Å². The molecular formula is C14H19BrN2O2. The molecule has 1 heterocycles. The third kappa shape index (κ3) is 3.70. The summed E-state index contributed by atoms with van der Waals surface area (Å²) in [5.41, 5.74) is 0. The molecule has 1 N–H and O–H groups in total. The minimum absolute atomic E-state index is 0.0500. The maximum atomic E-state index is 12.4. The van der Waals surface area contributed by atoms with Gasteiger partial charge in [0, 0.05) is 30.1 Å². The number of amides is 1. The lowest BCUT2D eigenvalue weighted by atomic mass is 10.2. The molecule has 0 saturated carbocycles. The zero-order chi connectivity index (χ0) is 13.8. The van der Waals surface area contributed by atoms with Crippen LogP contribution in [0.3, 0.4) is 0 Å². The van der Waals surface area contributed by atoms with Gasteiger partial charge in [0.25, 0.3) is 5.91 Å². The Bertz CT molecular complexity index is 453. The first-order chi connectivity index (χ1) is 9.08. The molecule has 0 radical (unpaired) electrons. The minimum atomic E-state index is -0.463. The molecule has 1 fully saturated rings. The Balaban J connectivity index is 1.99. The van der Waals surface area contributed by atoms with Crippen LogP contribution in [-0.4, -0.2) is 42.6 Å². The summed E-state index contributed by atoms with van der Waals surface area (Å²) in [5, 5.41) is 3.27. The molecule has 19 heavy (non-hydrogen) atoms. The molecule has 0 aromatic heterocycles. The average Bonchev–Trinajstić information content (AvgIpc) is 2.38. The van der Waals surface area contributed by atoms with Crippen LogP contribution in [-0.2, 0) is 4.79 Å². The zero-order valence-electron chi connectivity index (χ0n) is 11.2. The summed E-state index contributed by atoms with van der Waals surface area (Å²) in [6.45, 7) is 6.29. The van der Waals surface area contributed by atoms with Gasteiger partial charge in [-0.3, -0.25) is 4.79 Å². The molecule has 1 aromatic rings. The van der Waals surface area contributed by atoms with E-state index >= 15 is 0 Å². The molecule has 5 heteroatoms. The van der Waals surface area contributed by atoms with Gasteiger partial charge in [-0.1, -0.05) is 22.0 Å². The predicted octanol–water partition coefficient (Wildman–Crippen LogP) is 2.04. The highest BCUT2D eigenvalue weighted by atomic mass is 79.9. The van der Waals surface area contributed by atoms with E-state index in [0.29, 0.717) is 5.75 Å². The SMILES string of the molecule is CC(Oc1cccc(Br)c1)C(=O)N1CCNC[C@@H]1C. The summed E-state index contributed by atoms with van der Waals surface area (Å²) >= 11 is 3.39. The van der Waals surface area contributed by atoms with E-state index in [1.54, 1.807) is 6.92 Å². The van der Waals surface area contributed by atoms with Gasteiger partial charge in [0.05, 0.1) is 0 Å². The second kappa shape index (κ2) is 6.39. The molecular weight excluding hydrogens is 308 g/mol. The van der Waals surface area contributed by atoms with Gasteiger partial charge in [0.2, 0.25) is 0 Å². The summed E-state index contributed by atoms with van der Waals surface area (Å²) in [4.78, 5) is 14.2. The molecule has 4 nitrogen and oxygen atoms in total. The van der Waals surface area contributed by atoms with Crippen LogP contribution in [0, 0.1) is 0 Å². The highest BCUT2D eigenvalue weighted by Crippen LogP contribution is 2.19. The van der Waals surface area contributed by atoms with Crippen LogP contribution in [0.1, 0.15) is 13.8 Å². The lowest BCUT2D eigenvalue weighted by Gasteiger charge is -2.35. The summed E-state index contributed by atoms with van der Waals surface area (Å²) in [6, 6.07) is 7.76. The van der Waals surface area contributed by atoms with E-state index in [1.807, 2.05) is 29.2 Å². The molecule has 1 aliphatic rings. The number of nitrogens with zero attached hydrogens (tertiary/aromatic N) is 1. The topological polar surface area (TPSA) is 41.6 Å². The smallest absolute Gasteiger partial charge is 0.263 e. The van der Waals surface area contributed by atoms with Crippen LogP contribution >= 0.6 is 15.9 Å².